The zero-order chi connectivity index (χ0) is 16.2. The third kappa shape index (κ3) is 3.26. The van der Waals surface area contributed by atoms with Crippen LogP contribution in [-0.2, 0) is 0 Å². The van der Waals surface area contributed by atoms with Gasteiger partial charge < -0.3 is 15.4 Å². The van der Waals surface area contributed by atoms with E-state index in [1.807, 2.05) is 6.07 Å². The molecule has 2 N–H and O–H groups in total. The Morgan fingerprint density at radius 3 is 2.83 bits per heavy atom. The fourth-order valence-corrected chi connectivity index (χ4v) is 2.46. The van der Waals surface area contributed by atoms with Crippen molar-refractivity contribution >= 4 is 23.5 Å². The second-order valence-corrected chi connectivity index (χ2v) is 5.24. The van der Waals surface area contributed by atoms with Gasteiger partial charge in [-0.2, -0.15) is 4.98 Å². The number of nitrogens with zero attached hydrogens (tertiary/aromatic N) is 5. The fraction of sp³-hybridized carbons (Fsp3) is 0.0769. The lowest BCUT2D eigenvalue weighted by Crippen LogP contribution is -2.39. The SMILES string of the molecule is Nc1ncnc(SCC(=O)c2c([O-])on[n+]2-c2ccccc2)n1. The minimum Gasteiger partial charge on any atom is -0.539 e. The summed E-state index contributed by atoms with van der Waals surface area (Å²) in [5, 5.41) is 15.7. The molecule has 116 valence electrons. The molecular weight excluding hydrogens is 320 g/mol. The van der Waals surface area contributed by atoms with Crippen molar-refractivity contribution in [3.8, 4) is 11.6 Å². The number of aromatic nitrogens is 5. The summed E-state index contributed by atoms with van der Waals surface area (Å²) in [7, 11) is 0. The highest BCUT2D eigenvalue weighted by atomic mass is 32.2. The number of carbonyl (C=O) groups excluding carboxylic acids is 1. The number of thioether (sulfide) groups is 1. The number of para-hydroxylation sites is 1. The molecule has 2 aromatic heterocycles. The molecule has 1 aromatic carbocycles. The van der Waals surface area contributed by atoms with Crippen molar-refractivity contribution in [3.63, 3.8) is 0 Å². The maximum Gasteiger partial charge on any atom is 0.307 e. The monoisotopic (exact) mass is 330 g/mol. The van der Waals surface area contributed by atoms with E-state index in [-0.39, 0.29) is 17.4 Å². The Labute approximate surface area is 134 Å². The number of anilines is 1. The lowest BCUT2D eigenvalue weighted by Gasteiger charge is -1.99. The van der Waals surface area contributed by atoms with Crippen molar-refractivity contribution < 1.29 is 19.1 Å². The highest BCUT2D eigenvalue weighted by molar-refractivity contribution is 7.99. The lowest BCUT2D eigenvalue weighted by molar-refractivity contribution is -0.672. The largest absolute Gasteiger partial charge is 0.539 e. The predicted octanol–water partition coefficient (Wildman–Crippen LogP) is -0.233. The first kappa shape index (κ1) is 14.9. The molecule has 0 aliphatic carbocycles. The summed E-state index contributed by atoms with van der Waals surface area (Å²) in [6, 6.07) is 8.75. The number of nitrogen functional groups attached to an aromatic ring is 1. The predicted molar refractivity (Wildman–Crippen MR) is 76.8 cm³/mol. The zero-order valence-corrected chi connectivity index (χ0v) is 12.4. The molecule has 0 fully saturated rings. The van der Waals surface area contributed by atoms with Crippen LogP contribution in [-0.4, -0.2) is 31.8 Å². The Bertz CT molecular complexity index is 839. The van der Waals surface area contributed by atoms with Gasteiger partial charge in [0.2, 0.25) is 17.4 Å². The molecule has 10 heteroatoms. The summed E-state index contributed by atoms with van der Waals surface area (Å²) in [6.07, 6.45) is 1.25. The molecule has 0 saturated carbocycles. The minimum absolute atomic E-state index is 0.0591. The molecule has 0 aliphatic rings. The van der Waals surface area contributed by atoms with E-state index >= 15 is 0 Å². The van der Waals surface area contributed by atoms with Crippen LogP contribution in [0.5, 0.6) is 5.95 Å². The van der Waals surface area contributed by atoms with Crippen LogP contribution in [0.2, 0.25) is 0 Å². The van der Waals surface area contributed by atoms with E-state index in [2.05, 4.69) is 24.7 Å². The summed E-state index contributed by atoms with van der Waals surface area (Å²) >= 11 is 1.04. The van der Waals surface area contributed by atoms with Crippen LogP contribution in [0.25, 0.3) is 5.69 Å². The highest BCUT2D eigenvalue weighted by Gasteiger charge is 2.27. The zero-order valence-electron chi connectivity index (χ0n) is 11.6. The molecule has 0 unspecified atom stereocenters. The smallest absolute Gasteiger partial charge is 0.307 e. The Morgan fingerprint density at radius 1 is 1.30 bits per heavy atom. The van der Waals surface area contributed by atoms with Crippen LogP contribution in [0.1, 0.15) is 10.5 Å². The third-order valence-corrected chi connectivity index (χ3v) is 3.64. The van der Waals surface area contributed by atoms with Gasteiger partial charge in [-0.15, -0.1) is 0 Å². The average Bonchev–Trinajstić information content (AvgIpc) is 2.95. The van der Waals surface area contributed by atoms with Gasteiger partial charge in [0.05, 0.1) is 11.0 Å². The van der Waals surface area contributed by atoms with E-state index < -0.39 is 11.7 Å². The molecule has 2 heterocycles. The first-order valence-electron chi connectivity index (χ1n) is 6.40. The van der Waals surface area contributed by atoms with Crippen LogP contribution in [0.3, 0.4) is 0 Å². The Balaban J connectivity index is 1.81. The number of rotatable bonds is 5. The summed E-state index contributed by atoms with van der Waals surface area (Å²) in [4.78, 5) is 23.8. The molecule has 0 saturated heterocycles. The third-order valence-electron chi connectivity index (χ3n) is 2.78. The minimum atomic E-state index is -0.797. The first-order valence-corrected chi connectivity index (χ1v) is 7.38. The van der Waals surface area contributed by atoms with Crippen molar-refractivity contribution in [2.75, 3.05) is 11.5 Å². The molecule has 23 heavy (non-hydrogen) atoms. The van der Waals surface area contributed by atoms with E-state index in [1.165, 1.54) is 11.0 Å². The number of hydrogen-bond donors (Lipinski definition) is 1. The van der Waals surface area contributed by atoms with E-state index in [1.54, 1.807) is 24.3 Å². The van der Waals surface area contributed by atoms with Gasteiger partial charge in [-0.3, -0.25) is 4.79 Å². The van der Waals surface area contributed by atoms with Crippen LogP contribution in [0, 0.1) is 0 Å². The Kier molecular flexibility index (Phi) is 4.15. The molecule has 0 amide bonds. The molecule has 0 bridgehead atoms. The number of hydrogen-bond acceptors (Lipinski definition) is 9. The maximum atomic E-state index is 12.3. The van der Waals surface area contributed by atoms with Gasteiger partial charge in [-0.05, 0) is 4.68 Å². The molecule has 0 aliphatic heterocycles. The quantitative estimate of drug-likeness (QED) is 0.382. The van der Waals surface area contributed by atoms with E-state index in [4.69, 9.17) is 5.73 Å². The summed E-state index contributed by atoms with van der Waals surface area (Å²) < 4.78 is 5.78. The van der Waals surface area contributed by atoms with Gasteiger partial charge in [0.1, 0.15) is 6.33 Å². The maximum absolute atomic E-state index is 12.3. The van der Waals surface area contributed by atoms with Crippen molar-refractivity contribution in [3.05, 3.63) is 42.4 Å². The van der Waals surface area contributed by atoms with Gasteiger partial charge in [0.25, 0.3) is 0 Å². The van der Waals surface area contributed by atoms with E-state index in [0.29, 0.717) is 10.8 Å². The highest BCUT2D eigenvalue weighted by Crippen LogP contribution is 2.17. The Hall–Kier alpha value is -3.01. The van der Waals surface area contributed by atoms with Gasteiger partial charge in [0.15, 0.2) is 11.1 Å². The van der Waals surface area contributed by atoms with Crippen molar-refractivity contribution in [1.29, 1.82) is 0 Å². The van der Waals surface area contributed by atoms with Crippen LogP contribution < -0.4 is 15.5 Å². The van der Waals surface area contributed by atoms with Crippen molar-refractivity contribution in [2.45, 2.75) is 5.16 Å². The topological polar surface area (TPSA) is 135 Å². The molecule has 9 nitrogen and oxygen atoms in total. The van der Waals surface area contributed by atoms with Gasteiger partial charge in [0, 0.05) is 12.1 Å². The van der Waals surface area contributed by atoms with Crippen LogP contribution in [0.4, 0.5) is 5.95 Å². The lowest BCUT2D eigenvalue weighted by atomic mass is 10.3. The van der Waals surface area contributed by atoms with Crippen molar-refractivity contribution in [1.82, 2.24) is 20.2 Å². The van der Waals surface area contributed by atoms with Gasteiger partial charge in [-0.25, -0.2) is 9.97 Å². The molecule has 3 rings (SSSR count). The fourth-order valence-electron chi connectivity index (χ4n) is 1.79. The number of carbonyl (C=O) groups is 1. The molecule has 3 aromatic rings. The second-order valence-electron chi connectivity index (χ2n) is 4.29. The molecule has 0 spiro atoms. The van der Waals surface area contributed by atoms with Gasteiger partial charge in [-0.1, -0.05) is 30.0 Å². The molecule has 0 atom stereocenters. The van der Waals surface area contributed by atoms with Crippen LogP contribution in [0.15, 0.2) is 46.3 Å². The molecular formula is C13H10N6O3S. The van der Waals surface area contributed by atoms with E-state index in [0.717, 1.165) is 11.8 Å². The summed E-state index contributed by atoms with van der Waals surface area (Å²) in [5.74, 6) is -1.25. The average molecular weight is 330 g/mol. The number of nitrogens with two attached hydrogens (primary N) is 1. The summed E-state index contributed by atoms with van der Waals surface area (Å²) in [6.45, 7) is 0. The normalized spacial score (nSPS) is 10.6. The van der Waals surface area contributed by atoms with Crippen LogP contribution >= 0.6 is 11.8 Å². The van der Waals surface area contributed by atoms with E-state index in [9.17, 15) is 9.90 Å². The van der Waals surface area contributed by atoms with Gasteiger partial charge >= 0.3 is 5.69 Å². The number of Topliss-reactive ketones (excluding diaryl/α,β-unsaturated/α-hetero) is 1. The number of ketones is 1. The van der Waals surface area contributed by atoms with Crippen molar-refractivity contribution in [2.24, 2.45) is 0 Å². The molecule has 0 radical (unpaired) electrons. The standard InChI is InChI=1S/C13H10N6O3S/c14-12-15-7-16-13(17-12)23-6-9(20)10-11(21)22-18-19(10)8-4-2-1-3-5-8/h1-5,7H,6H2,(H2-,14,15,16,17,18,20,21). The second kappa shape index (κ2) is 6.40. The summed E-state index contributed by atoms with van der Waals surface area (Å²) in [5.41, 5.74) is 5.83. The number of benzene rings is 1. The Morgan fingerprint density at radius 2 is 2.09 bits per heavy atom. The first-order chi connectivity index (χ1) is 11.1.